The van der Waals surface area contributed by atoms with Gasteiger partial charge in [0.05, 0.1) is 6.04 Å². The van der Waals surface area contributed by atoms with E-state index in [9.17, 15) is 4.79 Å². The van der Waals surface area contributed by atoms with Crippen molar-refractivity contribution in [3.05, 3.63) is 48.2 Å². The molecule has 1 aromatic carbocycles. The highest BCUT2D eigenvalue weighted by Crippen LogP contribution is 2.54. The standard InChI is InChI=1S/C17H19N3O3/c21-16(18-14-6-9-23-19-14)20-12-17(7-10-22-11-8-17)15(20)13-4-2-1-3-5-13/h1-6,9,15H,7-8,10-12H2,(H,18,19,21). The minimum absolute atomic E-state index is 0.0829. The van der Waals surface area contributed by atoms with E-state index >= 15 is 0 Å². The average Bonchev–Trinajstić information content (AvgIpc) is 3.07. The summed E-state index contributed by atoms with van der Waals surface area (Å²) in [6, 6.07) is 11.8. The van der Waals surface area contributed by atoms with Crippen LogP contribution in [0.1, 0.15) is 24.4 Å². The lowest BCUT2D eigenvalue weighted by atomic mass is 9.64. The van der Waals surface area contributed by atoms with Crippen molar-refractivity contribution in [1.29, 1.82) is 0 Å². The van der Waals surface area contributed by atoms with Crippen LogP contribution in [-0.4, -0.2) is 35.8 Å². The number of rotatable bonds is 2. The van der Waals surface area contributed by atoms with Crippen molar-refractivity contribution >= 4 is 11.8 Å². The van der Waals surface area contributed by atoms with Gasteiger partial charge in [0.2, 0.25) is 0 Å². The van der Waals surface area contributed by atoms with Crippen molar-refractivity contribution in [3.63, 3.8) is 0 Å². The lowest BCUT2D eigenvalue weighted by molar-refractivity contribution is -0.109. The summed E-state index contributed by atoms with van der Waals surface area (Å²) in [5.41, 5.74) is 1.30. The Morgan fingerprint density at radius 1 is 1.22 bits per heavy atom. The van der Waals surface area contributed by atoms with Crippen LogP contribution < -0.4 is 5.32 Å². The molecule has 3 heterocycles. The molecule has 2 aliphatic heterocycles. The molecule has 1 unspecified atom stereocenters. The first kappa shape index (κ1) is 14.3. The molecule has 4 rings (SSSR count). The molecular formula is C17H19N3O3. The molecule has 2 aromatic rings. The van der Waals surface area contributed by atoms with Gasteiger partial charge in [0.15, 0.2) is 5.82 Å². The molecule has 2 amide bonds. The molecule has 120 valence electrons. The van der Waals surface area contributed by atoms with Crippen molar-refractivity contribution < 1.29 is 14.1 Å². The van der Waals surface area contributed by atoms with E-state index in [0.717, 1.165) is 32.6 Å². The van der Waals surface area contributed by atoms with E-state index in [2.05, 4.69) is 22.6 Å². The van der Waals surface area contributed by atoms with Gasteiger partial charge in [-0.05, 0) is 18.4 Å². The molecule has 2 saturated heterocycles. The Bertz CT molecular complexity index is 666. The van der Waals surface area contributed by atoms with Crippen LogP contribution in [0.5, 0.6) is 0 Å². The summed E-state index contributed by atoms with van der Waals surface area (Å²) in [4.78, 5) is 14.5. The third kappa shape index (κ3) is 2.49. The van der Waals surface area contributed by atoms with Gasteiger partial charge in [0, 0.05) is 31.2 Å². The van der Waals surface area contributed by atoms with Crippen LogP contribution in [0, 0.1) is 5.41 Å². The summed E-state index contributed by atoms with van der Waals surface area (Å²) >= 11 is 0. The number of hydrogen-bond acceptors (Lipinski definition) is 4. The van der Waals surface area contributed by atoms with Crippen molar-refractivity contribution in [1.82, 2.24) is 10.1 Å². The number of nitrogens with zero attached hydrogens (tertiary/aromatic N) is 2. The lowest BCUT2D eigenvalue weighted by Crippen LogP contribution is -2.63. The van der Waals surface area contributed by atoms with Crippen molar-refractivity contribution in [2.45, 2.75) is 18.9 Å². The third-order valence-corrected chi connectivity index (χ3v) is 4.91. The third-order valence-electron chi connectivity index (χ3n) is 4.91. The Balaban J connectivity index is 1.58. The number of benzene rings is 1. The monoisotopic (exact) mass is 313 g/mol. The highest BCUT2D eigenvalue weighted by molar-refractivity contribution is 5.89. The molecular weight excluding hydrogens is 294 g/mol. The number of ether oxygens (including phenoxy) is 1. The predicted octanol–water partition coefficient (Wildman–Crippen LogP) is 3.06. The summed E-state index contributed by atoms with van der Waals surface area (Å²) in [5, 5.41) is 6.54. The van der Waals surface area contributed by atoms with E-state index in [1.807, 2.05) is 23.1 Å². The molecule has 2 fully saturated rings. The summed E-state index contributed by atoms with van der Waals surface area (Å²) in [6.07, 6.45) is 3.42. The SMILES string of the molecule is O=C(Nc1ccon1)N1CC2(CCOCC2)C1c1ccccc1. The van der Waals surface area contributed by atoms with Gasteiger partial charge in [0.1, 0.15) is 6.26 Å². The molecule has 1 spiro atoms. The smallest absolute Gasteiger partial charge is 0.323 e. The number of carbonyl (C=O) groups is 1. The maximum atomic E-state index is 12.6. The lowest BCUT2D eigenvalue weighted by Gasteiger charge is -2.59. The van der Waals surface area contributed by atoms with Gasteiger partial charge in [-0.25, -0.2) is 4.79 Å². The van der Waals surface area contributed by atoms with E-state index < -0.39 is 0 Å². The van der Waals surface area contributed by atoms with Crippen molar-refractivity contribution in [2.24, 2.45) is 5.41 Å². The Morgan fingerprint density at radius 2 is 2.00 bits per heavy atom. The minimum Gasteiger partial charge on any atom is -0.381 e. The fourth-order valence-electron chi connectivity index (χ4n) is 3.76. The highest BCUT2D eigenvalue weighted by atomic mass is 16.5. The maximum Gasteiger partial charge on any atom is 0.323 e. The van der Waals surface area contributed by atoms with Gasteiger partial charge >= 0.3 is 6.03 Å². The number of amides is 2. The number of hydrogen-bond donors (Lipinski definition) is 1. The van der Waals surface area contributed by atoms with E-state index in [4.69, 9.17) is 9.26 Å². The van der Waals surface area contributed by atoms with Crippen LogP contribution in [0.15, 0.2) is 47.2 Å². The van der Waals surface area contributed by atoms with Crippen LogP contribution in [0.2, 0.25) is 0 Å². The Hall–Kier alpha value is -2.34. The number of likely N-dealkylation sites (tertiary alicyclic amines) is 1. The molecule has 23 heavy (non-hydrogen) atoms. The molecule has 6 nitrogen and oxygen atoms in total. The van der Waals surface area contributed by atoms with Crippen LogP contribution >= 0.6 is 0 Å². The first-order valence-electron chi connectivity index (χ1n) is 7.89. The van der Waals surface area contributed by atoms with E-state index in [-0.39, 0.29) is 17.5 Å². The van der Waals surface area contributed by atoms with Gasteiger partial charge < -0.3 is 14.2 Å². The Labute approximate surface area is 134 Å². The molecule has 0 bridgehead atoms. The van der Waals surface area contributed by atoms with E-state index in [1.165, 1.54) is 11.8 Å². The summed E-state index contributed by atoms with van der Waals surface area (Å²) in [5.74, 6) is 0.440. The summed E-state index contributed by atoms with van der Waals surface area (Å²) in [7, 11) is 0. The number of carbonyl (C=O) groups excluding carboxylic acids is 1. The van der Waals surface area contributed by atoms with Gasteiger partial charge in [-0.1, -0.05) is 35.5 Å². The quantitative estimate of drug-likeness (QED) is 0.925. The number of anilines is 1. The predicted molar refractivity (Wildman–Crippen MR) is 83.9 cm³/mol. The largest absolute Gasteiger partial charge is 0.381 e. The molecule has 0 aliphatic carbocycles. The summed E-state index contributed by atoms with van der Waals surface area (Å²) < 4.78 is 10.3. The topological polar surface area (TPSA) is 67.6 Å². The van der Waals surface area contributed by atoms with E-state index in [1.54, 1.807) is 6.07 Å². The number of urea groups is 1. The fraction of sp³-hybridized carbons (Fsp3) is 0.412. The zero-order valence-electron chi connectivity index (χ0n) is 12.8. The molecule has 0 saturated carbocycles. The van der Waals surface area contributed by atoms with Crippen molar-refractivity contribution in [2.75, 3.05) is 25.1 Å². The van der Waals surface area contributed by atoms with Gasteiger partial charge in [-0.15, -0.1) is 0 Å². The van der Waals surface area contributed by atoms with Gasteiger partial charge in [-0.2, -0.15) is 0 Å². The number of aromatic nitrogens is 1. The van der Waals surface area contributed by atoms with Gasteiger partial charge in [0.25, 0.3) is 0 Å². The average molecular weight is 313 g/mol. The van der Waals surface area contributed by atoms with Crippen LogP contribution in [-0.2, 0) is 4.74 Å². The zero-order valence-corrected chi connectivity index (χ0v) is 12.8. The summed E-state index contributed by atoms with van der Waals surface area (Å²) in [6.45, 7) is 2.28. The number of nitrogens with one attached hydrogen (secondary N) is 1. The Morgan fingerprint density at radius 3 is 2.70 bits per heavy atom. The first-order chi connectivity index (χ1) is 11.3. The molecule has 2 aliphatic rings. The van der Waals surface area contributed by atoms with Crippen molar-refractivity contribution in [3.8, 4) is 0 Å². The second kappa shape index (κ2) is 5.70. The molecule has 6 heteroatoms. The van der Waals surface area contributed by atoms with Crippen LogP contribution in [0.3, 0.4) is 0 Å². The van der Waals surface area contributed by atoms with Crippen LogP contribution in [0.4, 0.5) is 10.6 Å². The maximum absolute atomic E-state index is 12.6. The van der Waals surface area contributed by atoms with E-state index in [0.29, 0.717) is 5.82 Å². The second-order valence-electron chi connectivity index (χ2n) is 6.23. The Kier molecular flexibility index (Phi) is 3.53. The van der Waals surface area contributed by atoms with Gasteiger partial charge in [-0.3, -0.25) is 5.32 Å². The molecule has 1 atom stereocenters. The first-order valence-corrected chi connectivity index (χ1v) is 7.89. The molecule has 1 N–H and O–H groups in total. The second-order valence-corrected chi connectivity index (χ2v) is 6.23. The highest BCUT2D eigenvalue weighted by Gasteiger charge is 2.55. The minimum atomic E-state index is -0.134. The van der Waals surface area contributed by atoms with Crippen LogP contribution in [0.25, 0.3) is 0 Å². The molecule has 0 radical (unpaired) electrons. The normalized spacial score (nSPS) is 22.6. The zero-order chi connectivity index (χ0) is 15.7. The molecule has 1 aromatic heterocycles. The fourth-order valence-corrected chi connectivity index (χ4v) is 3.76.